The molecule has 0 saturated carbocycles. The Kier molecular flexibility index (Phi) is 7.00. The molecule has 0 bridgehead atoms. The molecule has 0 aliphatic heterocycles. The third-order valence-corrected chi connectivity index (χ3v) is 5.21. The third kappa shape index (κ3) is 5.08. The van der Waals surface area contributed by atoms with Crippen LogP contribution in [0.4, 0.5) is 0 Å². The lowest BCUT2D eigenvalue weighted by Gasteiger charge is -2.12. The van der Waals surface area contributed by atoms with Crippen LogP contribution in [0.25, 0.3) is 16.9 Å². The number of rotatable bonds is 8. The molecule has 31 heavy (non-hydrogen) atoms. The van der Waals surface area contributed by atoms with Gasteiger partial charge in [0, 0.05) is 18.2 Å². The van der Waals surface area contributed by atoms with Crippen LogP contribution in [0, 0.1) is 19.8 Å². The van der Waals surface area contributed by atoms with Crippen LogP contribution in [0.5, 0.6) is 11.5 Å². The number of carbonyl (C=O) groups is 1. The first-order valence-corrected chi connectivity index (χ1v) is 10.5. The van der Waals surface area contributed by atoms with Gasteiger partial charge in [-0.05, 0) is 56.0 Å². The van der Waals surface area contributed by atoms with Crippen LogP contribution in [0.1, 0.15) is 41.9 Å². The predicted octanol–water partition coefficient (Wildman–Crippen LogP) is 4.95. The number of benzene rings is 2. The number of hydrogen-bond donors (Lipinski definition) is 1. The molecule has 2 aromatic carbocycles. The highest BCUT2D eigenvalue weighted by molar-refractivity contribution is 5.94. The van der Waals surface area contributed by atoms with Crippen molar-refractivity contribution in [3.05, 3.63) is 59.3 Å². The summed E-state index contributed by atoms with van der Waals surface area (Å²) in [7, 11) is 3.22. The van der Waals surface area contributed by atoms with Crippen LogP contribution in [-0.2, 0) is 0 Å². The van der Waals surface area contributed by atoms with Crippen molar-refractivity contribution in [3.8, 4) is 28.4 Å². The summed E-state index contributed by atoms with van der Waals surface area (Å²) in [5.74, 6) is 1.70. The first-order chi connectivity index (χ1) is 14.8. The van der Waals surface area contributed by atoms with Gasteiger partial charge in [-0.2, -0.15) is 5.10 Å². The van der Waals surface area contributed by atoms with Crippen molar-refractivity contribution in [2.45, 2.75) is 34.1 Å². The first-order valence-electron chi connectivity index (χ1n) is 10.5. The number of ether oxygens (including phenoxy) is 2. The lowest BCUT2D eigenvalue weighted by molar-refractivity contribution is 0.0944. The molecule has 0 unspecified atom stereocenters. The second-order valence-corrected chi connectivity index (χ2v) is 8.12. The number of methoxy groups -OCH3 is 2. The van der Waals surface area contributed by atoms with E-state index in [-0.39, 0.29) is 5.91 Å². The average Bonchev–Trinajstić information content (AvgIpc) is 3.17. The van der Waals surface area contributed by atoms with Crippen LogP contribution in [0.3, 0.4) is 0 Å². The van der Waals surface area contributed by atoms with Gasteiger partial charge in [-0.25, -0.2) is 4.68 Å². The molecule has 1 amide bonds. The molecule has 6 nitrogen and oxygen atoms in total. The SMILES string of the molecule is COc1ccc(-c2cc(C(=O)NCCC(C)C)n(-c3ccc(C)cc3C)n2)c(OC)c1. The molecule has 3 rings (SSSR count). The van der Waals surface area contributed by atoms with Crippen molar-refractivity contribution < 1.29 is 14.3 Å². The number of hydrogen-bond acceptors (Lipinski definition) is 4. The lowest BCUT2D eigenvalue weighted by Crippen LogP contribution is -2.27. The molecule has 1 N–H and O–H groups in total. The Hall–Kier alpha value is -3.28. The minimum atomic E-state index is -0.146. The average molecular weight is 422 g/mol. The molecule has 1 heterocycles. The van der Waals surface area contributed by atoms with E-state index in [4.69, 9.17) is 14.6 Å². The van der Waals surface area contributed by atoms with Crippen LogP contribution in [-0.4, -0.2) is 36.5 Å². The van der Waals surface area contributed by atoms with Crippen molar-refractivity contribution >= 4 is 5.91 Å². The molecule has 164 valence electrons. The standard InChI is InChI=1S/C25H31N3O3/c1-16(2)11-12-26-25(29)23-15-21(20-9-8-19(30-5)14-24(20)31-6)27-28(23)22-10-7-17(3)13-18(22)4/h7-10,13-16H,11-12H2,1-6H3,(H,26,29). The highest BCUT2D eigenvalue weighted by Gasteiger charge is 2.20. The van der Waals surface area contributed by atoms with Crippen molar-refractivity contribution in [1.29, 1.82) is 0 Å². The van der Waals surface area contributed by atoms with Gasteiger partial charge in [0.1, 0.15) is 17.2 Å². The van der Waals surface area contributed by atoms with Gasteiger partial charge >= 0.3 is 0 Å². The van der Waals surface area contributed by atoms with Gasteiger partial charge in [-0.15, -0.1) is 0 Å². The normalized spacial score (nSPS) is 10.9. The monoisotopic (exact) mass is 421 g/mol. The molecule has 1 aromatic heterocycles. The molecule has 0 fully saturated rings. The highest BCUT2D eigenvalue weighted by Crippen LogP contribution is 2.33. The molecule has 0 radical (unpaired) electrons. The maximum Gasteiger partial charge on any atom is 0.270 e. The summed E-state index contributed by atoms with van der Waals surface area (Å²) in [4.78, 5) is 13.1. The fraction of sp³-hybridized carbons (Fsp3) is 0.360. The quantitative estimate of drug-likeness (QED) is 0.559. The first kappa shape index (κ1) is 22.4. The topological polar surface area (TPSA) is 65.4 Å². The predicted molar refractivity (Wildman–Crippen MR) is 123 cm³/mol. The zero-order chi connectivity index (χ0) is 22.5. The van der Waals surface area contributed by atoms with Crippen LogP contribution >= 0.6 is 0 Å². The van der Waals surface area contributed by atoms with E-state index in [9.17, 15) is 4.79 Å². The van der Waals surface area contributed by atoms with E-state index in [1.807, 2.05) is 50.2 Å². The third-order valence-electron chi connectivity index (χ3n) is 5.21. The summed E-state index contributed by atoms with van der Waals surface area (Å²) in [5.41, 5.74) is 5.03. The van der Waals surface area contributed by atoms with Gasteiger partial charge in [-0.1, -0.05) is 31.5 Å². The van der Waals surface area contributed by atoms with Crippen molar-refractivity contribution in [2.24, 2.45) is 5.92 Å². The van der Waals surface area contributed by atoms with Crippen LogP contribution in [0.2, 0.25) is 0 Å². The van der Waals surface area contributed by atoms with E-state index < -0.39 is 0 Å². The number of nitrogens with zero attached hydrogens (tertiary/aromatic N) is 2. The Bertz CT molecular complexity index is 1070. The fourth-order valence-corrected chi connectivity index (χ4v) is 3.48. The molecule has 0 atom stereocenters. The number of aryl methyl sites for hydroxylation is 2. The number of amides is 1. The van der Waals surface area contributed by atoms with E-state index in [1.165, 1.54) is 0 Å². The van der Waals surface area contributed by atoms with Gasteiger partial charge in [-0.3, -0.25) is 4.79 Å². The maximum atomic E-state index is 13.1. The van der Waals surface area contributed by atoms with E-state index in [0.717, 1.165) is 28.8 Å². The summed E-state index contributed by atoms with van der Waals surface area (Å²) in [6.07, 6.45) is 0.919. The summed E-state index contributed by atoms with van der Waals surface area (Å²) < 4.78 is 12.6. The highest BCUT2D eigenvalue weighted by atomic mass is 16.5. The largest absolute Gasteiger partial charge is 0.497 e. The Morgan fingerprint density at radius 2 is 1.84 bits per heavy atom. The second-order valence-electron chi connectivity index (χ2n) is 8.12. The van der Waals surface area contributed by atoms with Crippen molar-refractivity contribution in [1.82, 2.24) is 15.1 Å². The minimum Gasteiger partial charge on any atom is -0.497 e. The van der Waals surface area contributed by atoms with Crippen molar-refractivity contribution in [3.63, 3.8) is 0 Å². The summed E-state index contributed by atoms with van der Waals surface area (Å²) in [6, 6.07) is 13.5. The van der Waals surface area contributed by atoms with Crippen LogP contribution < -0.4 is 14.8 Å². The zero-order valence-electron chi connectivity index (χ0n) is 19.2. The molecule has 0 aliphatic carbocycles. The molecule has 0 saturated heterocycles. The summed E-state index contributed by atoms with van der Waals surface area (Å²) in [6.45, 7) is 8.97. The van der Waals surface area contributed by atoms with E-state index >= 15 is 0 Å². The Balaban J connectivity index is 2.09. The Morgan fingerprint density at radius 3 is 2.48 bits per heavy atom. The van der Waals surface area contributed by atoms with E-state index in [1.54, 1.807) is 18.9 Å². The second kappa shape index (κ2) is 9.69. The maximum absolute atomic E-state index is 13.1. The van der Waals surface area contributed by atoms with Gasteiger partial charge in [0.2, 0.25) is 0 Å². The molecule has 0 spiro atoms. The van der Waals surface area contributed by atoms with Gasteiger partial charge in [0.05, 0.1) is 25.6 Å². The van der Waals surface area contributed by atoms with Gasteiger partial charge in [0.15, 0.2) is 0 Å². The minimum absolute atomic E-state index is 0.146. The molecular weight excluding hydrogens is 390 g/mol. The smallest absolute Gasteiger partial charge is 0.270 e. The van der Waals surface area contributed by atoms with Gasteiger partial charge < -0.3 is 14.8 Å². The van der Waals surface area contributed by atoms with Crippen LogP contribution in [0.15, 0.2) is 42.5 Å². The molecule has 0 aliphatic rings. The summed E-state index contributed by atoms with van der Waals surface area (Å²) in [5, 5.41) is 7.84. The lowest BCUT2D eigenvalue weighted by atomic mass is 10.1. The number of aromatic nitrogens is 2. The van der Waals surface area contributed by atoms with Crippen molar-refractivity contribution in [2.75, 3.05) is 20.8 Å². The number of nitrogens with one attached hydrogen (secondary N) is 1. The Morgan fingerprint density at radius 1 is 1.06 bits per heavy atom. The number of carbonyl (C=O) groups excluding carboxylic acids is 1. The van der Waals surface area contributed by atoms with E-state index in [2.05, 4.69) is 25.2 Å². The molecule has 6 heteroatoms. The molecular formula is C25H31N3O3. The zero-order valence-corrected chi connectivity index (χ0v) is 19.2. The van der Waals surface area contributed by atoms with Gasteiger partial charge in [0.25, 0.3) is 5.91 Å². The molecule has 3 aromatic rings. The summed E-state index contributed by atoms with van der Waals surface area (Å²) >= 11 is 0. The fourth-order valence-electron chi connectivity index (χ4n) is 3.48. The van der Waals surface area contributed by atoms with E-state index in [0.29, 0.717) is 35.3 Å². The Labute approximate surface area is 184 Å².